The molecule has 0 saturated heterocycles. The van der Waals surface area contributed by atoms with Crippen molar-refractivity contribution in [3.05, 3.63) is 48.5 Å². The van der Waals surface area contributed by atoms with Crippen LogP contribution in [0.2, 0.25) is 0 Å². The minimum Gasteiger partial charge on any atom is -0.495 e. The van der Waals surface area contributed by atoms with Crippen molar-refractivity contribution < 1.29 is 14.3 Å². The zero-order valence-corrected chi connectivity index (χ0v) is 19.3. The van der Waals surface area contributed by atoms with Crippen LogP contribution in [-0.4, -0.2) is 34.5 Å². The fraction of sp³-hybridized carbons (Fsp3) is 0.423. The molecular weight excluding hydrogens is 416 g/mol. The van der Waals surface area contributed by atoms with E-state index in [1.165, 1.54) is 6.42 Å². The smallest absolute Gasteiger partial charge is 0.253 e. The maximum absolute atomic E-state index is 13.8. The molecule has 2 aromatic carbocycles. The molecule has 1 N–H and O–H groups in total. The zero-order valence-electron chi connectivity index (χ0n) is 19.3. The molecule has 0 bridgehead atoms. The number of rotatable bonds is 5. The summed E-state index contributed by atoms with van der Waals surface area (Å²) < 4.78 is 7.32. The molecule has 1 aliphatic carbocycles. The normalized spacial score (nSPS) is 24.7. The lowest BCUT2D eigenvalue weighted by atomic mass is 9.77. The number of fused-ring (bicyclic) bond motifs is 3. The first kappa shape index (κ1) is 21.5. The average Bonchev–Trinajstić information content (AvgIpc) is 3.30. The Morgan fingerprint density at radius 2 is 1.88 bits per heavy atom. The Balaban J connectivity index is 1.49. The molecule has 0 unspecified atom stereocenters. The van der Waals surface area contributed by atoms with Gasteiger partial charge < -0.3 is 10.1 Å². The lowest BCUT2D eigenvalue weighted by Crippen LogP contribution is -2.47. The van der Waals surface area contributed by atoms with Gasteiger partial charge in [-0.3, -0.25) is 19.1 Å². The van der Waals surface area contributed by atoms with Crippen LogP contribution in [0.15, 0.2) is 48.5 Å². The van der Waals surface area contributed by atoms with Gasteiger partial charge in [0.25, 0.3) is 5.91 Å². The van der Waals surface area contributed by atoms with Crippen LogP contribution in [0.4, 0.5) is 11.6 Å². The summed E-state index contributed by atoms with van der Waals surface area (Å²) in [5, 5.41) is 2.92. The molecular formula is C26H30N4O3. The monoisotopic (exact) mass is 446 g/mol. The predicted octanol–water partition coefficient (Wildman–Crippen LogP) is 4.79. The molecule has 7 heteroatoms. The number of methoxy groups -OCH3 is 1. The van der Waals surface area contributed by atoms with Gasteiger partial charge in [0.1, 0.15) is 11.8 Å². The van der Waals surface area contributed by atoms with E-state index in [0.29, 0.717) is 29.2 Å². The highest BCUT2D eigenvalue weighted by atomic mass is 16.5. The van der Waals surface area contributed by atoms with Gasteiger partial charge in [-0.25, -0.2) is 4.98 Å². The molecule has 1 fully saturated rings. The summed E-state index contributed by atoms with van der Waals surface area (Å²) in [6.45, 7) is 4.50. The maximum Gasteiger partial charge on any atom is 0.253 e. The van der Waals surface area contributed by atoms with E-state index < -0.39 is 6.04 Å². The van der Waals surface area contributed by atoms with E-state index in [-0.39, 0.29) is 24.3 Å². The van der Waals surface area contributed by atoms with Crippen LogP contribution >= 0.6 is 0 Å². The van der Waals surface area contributed by atoms with E-state index in [2.05, 4.69) is 19.2 Å². The van der Waals surface area contributed by atoms with Gasteiger partial charge in [0.2, 0.25) is 11.9 Å². The number of nitrogens with zero attached hydrogens (tertiary/aromatic N) is 3. The van der Waals surface area contributed by atoms with E-state index in [4.69, 9.17) is 9.72 Å². The minimum atomic E-state index is -0.619. The molecule has 33 heavy (non-hydrogen) atoms. The molecule has 0 radical (unpaired) electrons. The highest BCUT2D eigenvalue weighted by Crippen LogP contribution is 2.42. The number of carbonyl (C=O) groups excluding carboxylic acids is 2. The van der Waals surface area contributed by atoms with E-state index in [9.17, 15) is 9.59 Å². The Bertz CT molecular complexity index is 1200. The van der Waals surface area contributed by atoms with Crippen molar-refractivity contribution in [1.29, 1.82) is 0 Å². The Kier molecular flexibility index (Phi) is 5.56. The van der Waals surface area contributed by atoms with Gasteiger partial charge in [0.15, 0.2) is 0 Å². The first-order valence-electron chi connectivity index (χ1n) is 11.7. The summed E-state index contributed by atoms with van der Waals surface area (Å²) in [7, 11) is 1.57. The van der Waals surface area contributed by atoms with Gasteiger partial charge in [-0.15, -0.1) is 0 Å². The van der Waals surface area contributed by atoms with Crippen LogP contribution < -0.4 is 15.0 Å². The van der Waals surface area contributed by atoms with Crippen LogP contribution in [0, 0.1) is 11.8 Å². The highest BCUT2D eigenvalue weighted by molar-refractivity contribution is 6.05. The number of carbonyl (C=O) groups is 2. The number of nitrogens with one attached hydrogen (secondary N) is 1. The number of ether oxygens (including phenoxy) is 1. The lowest BCUT2D eigenvalue weighted by Gasteiger charge is -2.39. The number of benzene rings is 2. The van der Waals surface area contributed by atoms with Gasteiger partial charge in [-0.1, -0.05) is 51.0 Å². The van der Waals surface area contributed by atoms with Crippen molar-refractivity contribution in [2.75, 3.05) is 17.3 Å². The summed E-state index contributed by atoms with van der Waals surface area (Å²) in [5.74, 6) is 1.91. The fourth-order valence-electron chi connectivity index (χ4n) is 5.41. The zero-order chi connectivity index (χ0) is 23.1. The predicted molar refractivity (Wildman–Crippen MR) is 128 cm³/mol. The van der Waals surface area contributed by atoms with Gasteiger partial charge in [0.05, 0.1) is 30.3 Å². The Morgan fingerprint density at radius 3 is 2.70 bits per heavy atom. The molecule has 5 rings (SSSR count). The Hall–Kier alpha value is -3.35. The summed E-state index contributed by atoms with van der Waals surface area (Å²) in [6, 6.07) is 14.6. The summed E-state index contributed by atoms with van der Waals surface area (Å²) >= 11 is 0. The Morgan fingerprint density at radius 1 is 1.12 bits per heavy atom. The number of anilines is 2. The topological polar surface area (TPSA) is 76.5 Å². The molecule has 3 aromatic rings. The Labute approximate surface area is 193 Å². The third-order valence-corrected chi connectivity index (χ3v) is 7.38. The number of para-hydroxylation sites is 4. The van der Waals surface area contributed by atoms with Crippen molar-refractivity contribution in [2.45, 2.75) is 51.6 Å². The first-order valence-corrected chi connectivity index (χ1v) is 11.7. The molecule has 2 aliphatic rings. The number of hydrogen-bond acceptors (Lipinski definition) is 4. The lowest BCUT2D eigenvalue weighted by molar-refractivity contribution is -0.125. The number of hydrogen-bond donors (Lipinski definition) is 1. The molecule has 1 aromatic heterocycles. The summed E-state index contributed by atoms with van der Waals surface area (Å²) in [5.41, 5.74) is 2.32. The molecule has 2 amide bonds. The SMILES string of the molecule is COc1ccccc1NC(=O)C[C@H]1C(=O)N([C@H]2CCC[C@@H](C)[C@@H]2C)c2nc3ccccc3n21. The van der Waals surface area contributed by atoms with Crippen LogP contribution in [0.5, 0.6) is 5.75 Å². The third kappa shape index (κ3) is 3.65. The van der Waals surface area contributed by atoms with Crippen molar-refractivity contribution in [2.24, 2.45) is 11.8 Å². The maximum atomic E-state index is 13.8. The first-order chi connectivity index (χ1) is 16.0. The molecule has 7 nitrogen and oxygen atoms in total. The van der Waals surface area contributed by atoms with Crippen LogP contribution in [0.3, 0.4) is 0 Å². The third-order valence-electron chi connectivity index (χ3n) is 7.38. The summed E-state index contributed by atoms with van der Waals surface area (Å²) in [4.78, 5) is 33.6. The second-order valence-electron chi connectivity index (χ2n) is 9.28. The van der Waals surface area contributed by atoms with Crippen molar-refractivity contribution in [3.63, 3.8) is 0 Å². The molecule has 1 saturated carbocycles. The highest BCUT2D eigenvalue weighted by Gasteiger charge is 2.46. The van der Waals surface area contributed by atoms with Crippen molar-refractivity contribution in [1.82, 2.24) is 9.55 Å². The molecule has 0 spiro atoms. The van der Waals surface area contributed by atoms with Crippen LogP contribution in [0.25, 0.3) is 11.0 Å². The standard InChI is InChI=1S/C26H30N4O3/c1-16-9-8-13-20(17(16)2)30-25(32)22(29-21-12-6-4-10-18(21)28-26(29)30)15-24(31)27-19-11-5-7-14-23(19)33-3/h4-7,10-12,14,16-17,20,22H,8-9,13,15H2,1-3H3,(H,27,31)/t16-,17+,20+,22+/m1/s1. The molecule has 4 atom stereocenters. The second-order valence-corrected chi connectivity index (χ2v) is 9.28. The molecule has 172 valence electrons. The van der Waals surface area contributed by atoms with Gasteiger partial charge in [-0.2, -0.15) is 0 Å². The van der Waals surface area contributed by atoms with Gasteiger partial charge in [-0.05, 0) is 42.5 Å². The van der Waals surface area contributed by atoms with Crippen molar-refractivity contribution in [3.8, 4) is 5.75 Å². The number of amides is 2. The largest absolute Gasteiger partial charge is 0.495 e. The number of imidazole rings is 1. The average molecular weight is 447 g/mol. The van der Waals surface area contributed by atoms with Crippen molar-refractivity contribution >= 4 is 34.5 Å². The molecule has 1 aliphatic heterocycles. The quantitative estimate of drug-likeness (QED) is 0.612. The fourth-order valence-corrected chi connectivity index (χ4v) is 5.41. The van der Waals surface area contributed by atoms with Gasteiger partial charge >= 0.3 is 0 Å². The summed E-state index contributed by atoms with van der Waals surface area (Å²) in [6.07, 6.45) is 3.28. The second kappa shape index (κ2) is 8.54. The van der Waals surface area contributed by atoms with E-state index >= 15 is 0 Å². The van der Waals surface area contributed by atoms with Gasteiger partial charge in [0, 0.05) is 6.04 Å². The molecule has 2 heterocycles. The van der Waals surface area contributed by atoms with E-state index in [1.54, 1.807) is 19.2 Å². The van der Waals surface area contributed by atoms with E-state index in [1.807, 2.05) is 45.9 Å². The minimum absolute atomic E-state index is 0.0376. The van der Waals surface area contributed by atoms with E-state index in [0.717, 1.165) is 23.9 Å². The van der Waals surface area contributed by atoms with Crippen LogP contribution in [-0.2, 0) is 9.59 Å². The number of aromatic nitrogens is 2. The van der Waals surface area contributed by atoms with Crippen LogP contribution in [0.1, 0.15) is 45.6 Å².